The molecule has 8 heteroatoms. The highest BCUT2D eigenvalue weighted by molar-refractivity contribution is 6.11. The van der Waals surface area contributed by atoms with E-state index in [1.165, 1.54) is 6.07 Å². The molecule has 5 N–H and O–H groups in total. The van der Waals surface area contributed by atoms with E-state index in [1.807, 2.05) is 51.1 Å². The van der Waals surface area contributed by atoms with Gasteiger partial charge in [-0.2, -0.15) is 0 Å². The van der Waals surface area contributed by atoms with Gasteiger partial charge in [0, 0.05) is 28.9 Å². The fraction of sp³-hybridized carbons (Fsp3) is 0.176. The minimum Gasteiger partial charge on any atom is -0.457 e. The van der Waals surface area contributed by atoms with Crippen LogP contribution < -0.4 is 16.4 Å². The number of nitrogens with two attached hydrogens (primary N) is 1. The lowest BCUT2D eigenvalue weighted by Gasteiger charge is -2.16. The SMILES string of the molecule is Cc1cc(C(=N)N)ccc1NC(=O)c1ccccc1-c1ccc(C(=O)NCC(C)C)cc1C(=O)OCc1ccccc1. The van der Waals surface area contributed by atoms with Crippen molar-refractivity contribution in [3.05, 3.63) is 124 Å². The standard InChI is InChI=1S/C34H34N4O4/c1-21(2)19-37-32(39)25-13-15-27(29(18-25)34(41)42-20-23-9-5-4-6-10-23)26-11-7-8-12-28(26)33(40)38-30-16-14-24(31(35)36)17-22(30)3/h4-18,21H,19-20H2,1-3H3,(H3,35,36)(H,37,39)(H,38,40). The summed E-state index contributed by atoms with van der Waals surface area (Å²) in [6.45, 7) is 6.36. The van der Waals surface area contributed by atoms with Crippen molar-refractivity contribution >= 4 is 29.3 Å². The second-order valence-electron chi connectivity index (χ2n) is 10.4. The molecule has 0 saturated heterocycles. The number of amidine groups is 1. The molecule has 4 aromatic carbocycles. The predicted molar refractivity (Wildman–Crippen MR) is 165 cm³/mol. The molecule has 0 aromatic heterocycles. The molecule has 0 atom stereocenters. The molecule has 4 rings (SSSR count). The van der Waals surface area contributed by atoms with Crippen molar-refractivity contribution in [2.45, 2.75) is 27.4 Å². The summed E-state index contributed by atoms with van der Waals surface area (Å²) in [5.74, 6) is -1.10. The molecule has 0 spiro atoms. The molecule has 4 aromatic rings. The van der Waals surface area contributed by atoms with E-state index in [0.717, 1.165) is 11.1 Å². The van der Waals surface area contributed by atoms with Crippen molar-refractivity contribution in [1.29, 1.82) is 5.41 Å². The van der Waals surface area contributed by atoms with E-state index >= 15 is 0 Å². The van der Waals surface area contributed by atoms with E-state index in [4.69, 9.17) is 15.9 Å². The molecule has 42 heavy (non-hydrogen) atoms. The van der Waals surface area contributed by atoms with Crippen LogP contribution in [0, 0.1) is 18.3 Å². The summed E-state index contributed by atoms with van der Waals surface area (Å²) in [6, 6.07) is 26.2. The Kier molecular flexibility index (Phi) is 9.50. The van der Waals surface area contributed by atoms with Gasteiger partial charge >= 0.3 is 5.97 Å². The van der Waals surface area contributed by atoms with Gasteiger partial charge in [0.2, 0.25) is 0 Å². The number of rotatable bonds is 10. The number of carbonyl (C=O) groups is 3. The molecule has 0 heterocycles. The smallest absolute Gasteiger partial charge is 0.339 e. The molecular weight excluding hydrogens is 528 g/mol. The van der Waals surface area contributed by atoms with Crippen molar-refractivity contribution in [2.75, 3.05) is 11.9 Å². The Morgan fingerprint density at radius 3 is 2.17 bits per heavy atom. The average molecular weight is 563 g/mol. The Hall–Kier alpha value is -5.24. The number of ether oxygens (including phenoxy) is 1. The van der Waals surface area contributed by atoms with Gasteiger partial charge < -0.3 is 21.1 Å². The van der Waals surface area contributed by atoms with Crippen LogP contribution in [0.5, 0.6) is 0 Å². The molecular formula is C34H34N4O4. The van der Waals surface area contributed by atoms with Crippen molar-refractivity contribution in [1.82, 2.24) is 5.32 Å². The number of anilines is 1. The highest BCUT2D eigenvalue weighted by atomic mass is 16.5. The van der Waals surface area contributed by atoms with Gasteiger partial charge in [-0.3, -0.25) is 15.0 Å². The zero-order valence-electron chi connectivity index (χ0n) is 23.9. The number of amides is 2. The lowest BCUT2D eigenvalue weighted by Crippen LogP contribution is -2.27. The maximum atomic E-state index is 13.5. The van der Waals surface area contributed by atoms with Crippen molar-refractivity contribution in [3.63, 3.8) is 0 Å². The Labute approximate surface area is 245 Å². The third kappa shape index (κ3) is 7.28. The molecule has 8 nitrogen and oxygen atoms in total. The van der Waals surface area contributed by atoms with E-state index in [0.29, 0.717) is 40.0 Å². The highest BCUT2D eigenvalue weighted by Gasteiger charge is 2.22. The van der Waals surface area contributed by atoms with Gasteiger partial charge in [0.1, 0.15) is 12.4 Å². The van der Waals surface area contributed by atoms with Gasteiger partial charge in [-0.25, -0.2) is 4.79 Å². The van der Waals surface area contributed by atoms with E-state index in [1.54, 1.807) is 54.6 Å². The van der Waals surface area contributed by atoms with Crippen LogP contribution in [0.4, 0.5) is 5.69 Å². The molecule has 0 fully saturated rings. The van der Waals surface area contributed by atoms with Crippen LogP contribution in [0.3, 0.4) is 0 Å². The van der Waals surface area contributed by atoms with Gasteiger partial charge in [0.15, 0.2) is 0 Å². The van der Waals surface area contributed by atoms with E-state index in [-0.39, 0.29) is 35.7 Å². The number of hydrogen-bond acceptors (Lipinski definition) is 5. The third-order valence-electron chi connectivity index (χ3n) is 6.63. The molecule has 0 aliphatic rings. The van der Waals surface area contributed by atoms with E-state index in [2.05, 4.69) is 10.6 Å². The highest BCUT2D eigenvalue weighted by Crippen LogP contribution is 2.30. The molecule has 0 radical (unpaired) electrons. The maximum Gasteiger partial charge on any atom is 0.339 e. The van der Waals surface area contributed by atoms with E-state index < -0.39 is 5.97 Å². The normalized spacial score (nSPS) is 10.7. The number of nitrogen functional groups attached to an aromatic ring is 1. The lowest BCUT2D eigenvalue weighted by molar-refractivity contribution is 0.0473. The summed E-state index contributed by atoms with van der Waals surface area (Å²) in [7, 11) is 0. The Morgan fingerprint density at radius 1 is 0.810 bits per heavy atom. The van der Waals surface area contributed by atoms with Crippen LogP contribution in [-0.2, 0) is 11.3 Å². The second-order valence-corrected chi connectivity index (χ2v) is 10.4. The zero-order chi connectivity index (χ0) is 30.2. The van der Waals surface area contributed by atoms with Gasteiger partial charge in [-0.05, 0) is 71.5 Å². The minimum absolute atomic E-state index is 0.0561. The first-order valence-corrected chi connectivity index (χ1v) is 13.6. The first-order valence-electron chi connectivity index (χ1n) is 13.6. The molecule has 0 aliphatic heterocycles. The molecule has 214 valence electrons. The average Bonchev–Trinajstić information content (AvgIpc) is 2.99. The summed E-state index contributed by atoms with van der Waals surface area (Å²) in [5, 5.41) is 13.4. The van der Waals surface area contributed by atoms with Crippen LogP contribution in [0.2, 0.25) is 0 Å². The Balaban J connectivity index is 1.70. The molecule has 0 unspecified atom stereocenters. The summed E-state index contributed by atoms with van der Waals surface area (Å²) in [5.41, 5.74) is 10.1. The van der Waals surface area contributed by atoms with Crippen molar-refractivity contribution in [2.24, 2.45) is 11.7 Å². The number of aryl methyl sites for hydroxylation is 1. The van der Waals surface area contributed by atoms with Crippen molar-refractivity contribution in [3.8, 4) is 11.1 Å². The van der Waals surface area contributed by atoms with Gasteiger partial charge in [-0.15, -0.1) is 0 Å². The van der Waals surface area contributed by atoms with Gasteiger partial charge in [0.05, 0.1) is 5.56 Å². The molecule has 2 amide bonds. The van der Waals surface area contributed by atoms with Crippen LogP contribution in [0.15, 0.2) is 91.0 Å². The minimum atomic E-state index is -0.613. The van der Waals surface area contributed by atoms with Crippen LogP contribution in [0.25, 0.3) is 11.1 Å². The number of carbonyl (C=O) groups excluding carboxylic acids is 3. The molecule has 0 saturated carbocycles. The summed E-state index contributed by atoms with van der Waals surface area (Å²) < 4.78 is 5.65. The molecule has 0 aliphatic carbocycles. The van der Waals surface area contributed by atoms with Crippen LogP contribution in [-0.4, -0.2) is 30.2 Å². The van der Waals surface area contributed by atoms with Gasteiger partial charge in [-0.1, -0.05) is 68.4 Å². The fourth-order valence-corrected chi connectivity index (χ4v) is 4.37. The van der Waals surface area contributed by atoms with Crippen LogP contribution in [0.1, 0.15) is 61.6 Å². The fourth-order valence-electron chi connectivity index (χ4n) is 4.37. The lowest BCUT2D eigenvalue weighted by atomic mass is 9.93. The quantitative estimate of drug-likeness (QED) is 0.108. The maximum absolute atomic E-state index is 13.5. The first kappa shape index (κ1) is 29.7. The van der Waals surface area contributed by atoms with Gasteiger partial charge in [0.25, 0.3) is 11.8 Å². The summed E-state index contributed by atoms with van der Waals surface area (Å²) in [6.07, 6.45) is 0. The Morgan fingerprint density at radius 2 is 1.48 bits per heavy atom. The predicted octanol–water partition coefficient (Wildman–Crippen LogP) is 5.94. The largest absolute Gasteiger partial charge is 0.457 e. The third-order valence-corrected chi connectivity index (χ3v) is 6.63. The first-order chi connectivity index (χ1) is 20.1. The monoisotopic (exact) mass is 562 g/mol. The number of hydrogen-bond donors (Lipinski definition) is 4. The summed E-state index contributed by atoms with van der Waals surface area (Å²) in [4.78, 5) is 39.9. The molecule has 0 bridgehead atoms. The van der Waals surface area contributed by atoms with Crippen LogP contribution >= 0.6 is 0 Å². The number of benzene rings is 4. The topological polar surface area (TPSA) is 134 Å². The number of nitrogens with one attached hydrogen (secondary N) is 3. The van der Waals surface area contributed by atoms with E-state index in [9.17, 15) is 14.4 Å². The Bertz CT molecular complexity index is 1630. The van der Waals surface area contributed by atoms with Crippen molar-refractivity contribution < 1.29 is 19.1 Å². The number of esters is 1. The second kappa shape index (κ2) is 13.4. The zero-order valence-corrected chi connectivity index (χ0v) is 23.9. The summed E-state index contributed by atoms with van der Waals surface area (Å²) >= 11 is 0.